The number of nitrogens with two attached hydrogens (primary N) is 1. The summed E-state index contributed by atoms with van der Waals surface area (Å²) in [7, 11) is 0. The third kappa shape index (κ3) is 2.06. The lowest BCUT2D eigenvalue weighted by atomic mass is 10.3. The van der Waals surface area contributed by atoms with Crippen molar-refractivity contribution in [1.29, 1.82) is 0 Å². The number of likely N-dealkylation sites (tertiary alicyclic amines) is 1. The molecule has 82 valence electrons. The van der Waals surface area contributed by atoms with Crippen LogP contribution in [0.3, 0.4) is 0 Å². The molecule has 1 unspecified atom stereocenters. The van der Waals surface area contributed by atoms with Crippen molar-refractivity contribution >= 4 is 17.2 Å². The summed E-state index contributed by atoms with van der Waals surface area (Å²) in [5.41, 5.74) is 6.99. The topological polar surface area (TPSA) is 46.3 Å². The van der Waals surface area contributed by atoms with Crippen LogP contribution in [0.4, 0.5) is 0 Å². The maximum Gasteiger partial charge on any atom is 0.263 e. The van der Waals surface area contributed by atoms with E-state index in [2.05, 4.69) is 0 Å². The van der Waals surface area contributed by atoms with Gasteiger partial charge in [-0.05, 0) is 31.9 Å². The first-order valence-electron chi connectivity index (χ1n) is 5.20. The van der Waals surface area contributed by atoms with Gasteiger partial charge < -0.3 is 10.6 Å². The van der Waals surface area contributed by atoms with Crippen LogP contribution in [-0.4, -0.2) is 29.9 Å². The highest BCUT2D eigenvalue weighted by atomic mass is 32.1. The Kier molecular flexibility index (Phi) is 2.80. The zero-order valence-corrected chi connectivity index (χ0v) is 9.93. The van der Waals surface area contributed by atoms with E-state index in [1.165, 1.54) is 10.4 Å². The Hall–Kier alpha value is -0.870. The van der Waals surface area contributed by atoms with Crippen molar-refractivity contribution in [3.8, 4) is 0 Å². The highest BCUT2D eigenvalue weighted by Crippen LogP contribution is 2.23. The van der Waals surface area contributed by atoms with Gasteiger partial charge in [0, 0.05) is 24.0 Å². The van der Waals surface area contributed by atoms with Gasteiger partial charge in [0.25, 0.3) is 5.91 Å². The van der Waals surface area contributed by atoms with E-state index in [1.807, 2.05) is 24.8 Å². The lowest BCUT2D eigenvalue weighted by molar-refractivity contribution is 0.0795. The minimum absolute atomic E-state index is 0.143. The van der Waals surface area contributed by atoms with E-state index in [0.29, 0.717) is 6.54 Å². The Morgan fingerprint density at radius 2 is 2.33 bits per heavy atom. The van der Waals surface area contributed by atoms with Gasteiger partial charge in [-0.25, -0.2) is 0 Å². The molecule has 0 saturated carbocycles. The molecular formula is C11H16N2OS. The molecule has 1 aromatic rings. The quantitative estimate of drug-likeness (QED) is 0.786. The average molecular weight is 224 g/mol. The second kappa shape index (κ2) is 3.94. The molecule has 2 heterocycles. The molecule has 1 saturated heterocycles. The van der Waals surface area contributed by atoms with Crippen molar-refractivity contribution in [1.82, 2.24) is 4.90 Å². The summed E-state index contributed by atoms with van der Waals surface area (Å²) in [5, 5.41) is 0. The van der Waals surface area contributed by atoms with E-state index in [9.17, 15) is 4.79 Å². The molecule has 1 aliphatic heterocycles. The van der Waals surface area contributed by atoms with Crippen LogP contribution in [0.25, 0.3) is 0 Å². The van der Waals surface area contributed by atoms with Gasteiger partial charge in [-0.15, -0.1) is 11.3 Å². The minimum atomic E-state index is 0.143. The Morgan fingerprint density at radius 1 is 1.60 bits per heavy atom. The molecule has 2 rings (SSSR count). The second-order valence-electron chi connectivity index (χ2n) is 4.15. The molecule has 0 aromatic carbocycles. The molecule has 1 aliphatic rings. The number of hydrogen-bond donors (Lipinski definition) is 1. The van der Waals surface area contributed by atoms with E-state index in [4.69, 9.17) is 5.73 Å². The largest absolute Gasteiger partial charge is 0.336 e. The van der Waals surface area contributed by atoms with Gasteiger partial charge in [0.15, 0.2) is 0 Å². The number of nitrogens with zero attached hydrogens (tertiary/aromatic N) is 1. The van der Waals surface area contributed by atoms with Crippen LogP contribution in [-0.2, 0) is 0 Å². The van der Waals surface area contributed by atoms with Crippen LogP contribution < -0.4 is 5.73 Å². The molecule has 0 bridgehead atoms. The monoisotopic (exact) mass is 224 g/mol. The van der Waals surface area contributed by atoms with Crippen LogP contribution in [0.2, 0.25) is 0 Å². The summed E-state index contributed by atoms with van der Waals surface area (Å²) in [6, 6.07) is 2.14. The number of thiophene rings is 1. The molecule has 0 spiro atoms. The number of amides is 1. The summed E-state index contributed by atoms with van der Waals surface area (Å²) in [6.45, 7) is 5.59. The first-order valence-corrected chi connectivity index (χ1v) is 6.01. The summed E-state index contributed by atoms with van der Waals surface area (Å²) in [4.78, 5) is 16.0. The minimum Gasteiger partial charge on any atom is -0.336 e. The first-order chi connectivity index (χ1) is 7.08. The second-order valence-corrected chi connectivity index (χ2v) is 5.41. The average Bonchev–Trinajstić information content (AvgIpc) is 2.74. The van der Waals surface area contributed by atoms with Crippen LogP contribution in [0.15, 0.2) is 6.07 Å². The zero-order chi connectivity index (χ0) is 11.0. The maximum absolute atomic E-state index is 12.0. The summed E-state index contributed by atoms with van der Waals surface area (Å²) >= 11 is 1.58. The molecule has 1 fully saturated rings. The van der Waals surface area contributed by atoms with E-state index in [0.717, 1.165) is 17.8 Å². The van der Waals surface area contributed by atoms with Crippen molar-refractivity contribution in [3.05, 3.63) is 21.4 Å². The van der Waals surface area contributed by atoms with Gasteiger partial charge >= 0.3 is 0 Å². The summed E-state index contributed by atoms with van der Waals surface area (Å²) < 4.78 is 0. The van der Waals surface area contributed by atoms with Crippen molar-refractivity contribution < 1.29 is 4.79 Å². The highest BCUT2D eigenvalue weighted by Gasteiger charge is 2.25. The molecule has 1 atom stereocenters. The molecule has 0 radical (unpaired) electrons. The number of rotatable bonds is 1. The molecule has 1 amide bonds. The molecular weight excluding hydrogens is 208 g/mol. The van der Waals surface area contributed by atoms with Crippen molar-refractivity contribution in [3.63, 3.8) is 0 Å². The number of carbonyl (C=O) groups is 1. The predicted molar refractivity (Wildman–Crippen MR) is 62.3 cm³/mol. The maximum atomic E-state index is 12.0. The first kappa shape index (κ1) is 10.6. The van der Waals surface area contributed by atoms with Gasteiger partial charge in [-0.2, -0.15) is 0 Å². The number of aryl methyl sites for hydroxylation is 2. The third-order valence-corrected chi connectivity index (χ3v) is 4.03. The Bertz CT molecular complexity index is 366. The Labute approximate surface area is 93.9 Å². The van der Waals surface area contributed by atoms with Crippen molar-refractivity contribution in [2.75, 3.05) is 13.1 Å². The third-order valence-electron chi connectivity index (χ3n) is 2.89. The number of hydrogen-bond acceptors (Lipinski definition) is 3. The fraction of sp³-hybridized carbons (Fsp3) is 0.545. The van der Waals surface area contributed by atoms with Crippen LogP contribution in [0.5, 0.6) is 0 Å². The van der Waals surface area contributed by atoms with Gasteiger partial charge in [0.05, 0.1) is 4.88 Å². The lowest BCUT2D eigenvalue weighted by Crippen LogP contribution is -2.31. The molecule has 0 aliphatic carbocycles. The van der Waals surface area contributed by atoms with E-state index in [-0.39, 0.29) is 11.9 Å². The Morgan fingerprint density at radius 3 is 2.80 bits per heavy atom. The SMILES string of the molecule is Cc1cc(C(=O)N2CCC(N)C2)sc1C. The van der Waals surface area contributed by atoms with Crippen molar-refractivity contribution in [2.24, 2.45) is 5.73 Å². The van der Waals surface area contributed by atoms with E-state index in [1.54, 1.807) is 11.3 Å². The van der Waals surface area contributed by atoms with E-state index >= 15 is 0 Å². The smallest absolute Gasteiger partial charge is 0.263 e. The predicted octanol–water partition coefficient (Wildman–Crippen LogP) is 1.54. The highest BCUT2D eigenvalue weighted by molar-refractivity contribution is 7.14. The van der Waals surface area contributed by atoms with E-state index < -0.39 is 0 Å². The lowest BCUT2D eigenvalue weighted by Gasteiger charge is -2.14. The molecule has 4 heteroatoms. The summed E-state index contributed by atoms with van der Waals surface area (Å²) in [6.07, 6.45) is 0.926. The van der Waals surface area contributed by atoms with Gasteiger partial charge in [0.2, 0.25) is 0 Å². The fourth-order valence-electron chi connectivity index (χ4n) is 1.81. The fourth-order valence-corrected chi connectivity index (χ4v) is 2.81. The number of carbonyl (C=O) groups excluding carboxylic acids is 1. The van der Waals surface area contributed by atoms with Gasteiger partial charge in [-0.3, -0.25) is 4.79 Å². The van der Waals surface area contributed by atoms with Crippen molar-refractivity contribution in [2.45, 2.75) is 26.3 Å². The Balaban J connectivity index is 2.14. The molecule has 1 aromatic heterocycles. The summed E-state index contributed by atoms with van der Waals surface area (Å²) in [5.74, 6) is 0.143. The van der Waals surface area contributed by atoms with Gasteiger partial charge in [-0.1, -0.05) is 0 Å². The zero-order valence-electron chi connectivity index (χ0n) is 9.12. The van der Waals surface area contributed by atoms with Crippen LogP contribution in [0, 0.1) is 13.8 Å². The molecule has 15 heavy (non-hydrogen) atoms. The van der Waals surface area contributed by atoms with Gasteiger partial charge in [0.1, 0.15) is 0 Å². The molecule has 2 N–H and O–H groups in total. The standard InChI is InChI=1S/C11H16N2OS/c1-7-5-10(15-8(7)2)11(14)13-4-3-9(12)6-13/h5,9H,3-4,6,12H2,1-2H3. The normalized spacial score (nSPS) is 21.0. The molecule has 3 nitrogen and oxygen atoms in total. The van der Waals surface area contributed by atoms with Crippen LogP contribution in [0.1, 0.15) is 26.5 Å². The van der Waals surface area contributed by atoms with Crippen LogP contribution >= 0.6 is 11.3 Å².